The molecule has 7 nitrogen and oxygen atoms in total. The SMILES string of the molecule is CCOC1CCCN(C(=O)NCc2cccc([N+](=O)[O-])c2)C1. The summed E-state index contributed by atoms with van der Waals surface area (Å²) in [6.07, 6.45) is 2.00. The average Bonchev–Trinajstić information content (AvgIpc) is 2.53. The molecular weight excluding hydrogens is 286 g/mol. The number of piperidine rings is 1. The summed E-state index contributed by atoms with van der Waals surface area (Å²) in [7, 11) is 0. The number of nitrogens with zero attached hydrogens (tertiary/aromatic N) is 2. The number of carbonyl (C=O) groups is 1. The molecule has 0 radical (unpaired) electrons. The van der Waals surface area contributed by atoms with E-state index in [0.29, 0.717) is 25.3 Å². The second-order valence-electron chi connectivity index (χ2n) is 5.25. The fourth-order valence-electron chi connectivity index (χ4n) is 2.56. The van der Waals surface area contributed by atoms with Gasteiger partial charge in [0.2, 0.25) is 0 Å². The highest BCUT2D eigenvalue weighted by Crippen LogP contribution is 2.15. The Bertz CT molecular complexity index is 533. The monoisotopic (exact) mass is 307 g/mol. The number of nitro benzene ring substituents is 1. The third kappa shape index (κ3) is 4.42. The van der Waals surface area contributed by atoms with Crippen molar-refractivity contribution in [1.82, 2.24) is 10.2 Å². The number of hydrogen-bond acceptors (Lipinski definition) is 4. The van der Waals surface area contributed by atoms with Gasteiger partial charge in [-0.05, 0) is 25.3 Å². The number of hydrogen-bond donors (Lipinski definition) is 1. The van der Waals surface area contributed by atoms with Crippen LogP contribution >= 0.6 is 0 Å². The fourth-order valence-corrected chi connectivity index (χ4v) is 2.56. The Kier molecular flexibility index (Phi) is 5.71. The summed E-state index contributed by atoms with van der Waals surface area (Å²) in [4.78, 5) is 24.2. The molecule has 1 aromatic rings. The van der Waals surface area contributed by atoms with Crippen LogP contribution < -0.4 is 5.32 Å². The molecule has 7 heteroatoms. The molecule has 2 amide bonds. The van der Waals surface area contributed by atoms with Crippen LogP contribution in [-0.4, -0.2) is 41.7 Å². The van der Waals surface area contributed by atoms with Gasteiger partial charge in [0.15, 0.2) is 0 Å². The first kappa shape index (κ1) is 16.2. The zero-order chi connectivity index (χ0) is 15.9. The maximum atomic E-state index is 12.2. The van der Waals surface area contributed by atoms with Gasteiger partial charge in [0, 0.05) is 38.4 Å². The van der Waals surface area contributed by atoms with Gasteiger partial charge >= 0.3 is 6.03 Å². The van der Waals surface area contributed by atoms with Gasteiger partial charge < -0.3 is 15.0 Å². The smallest absolute Gasteiger partial charge is 0.317 e. The van der Waals surface area contributed by atoms with Crippen molar-refractivity contribution in [2.45, 2.75) is 32.4 Å². The summed E-state index contributed by atoms with van der Waals surface area (Å²) in [5.41, 5.74) is 0.738. The van der Waals surface area contributed by atoms with E-state index >= 15 is 0 Å². The van der Waals surface area contributed by atoms with Crippen LogP contribution in [0.1, 0.15) is 25.3 Å². The Balaban J connectivity index is 1.87. The predicted molar refractivity (Wildman–Crippen MR) is 81.6 cm³/mol. The van der Waals surface area contributed by atoms with Crippen molar-refractivity contribution in [3.05, 3.63) is 39.9 Å². The van der Waals surface area contributed by atoms with Gasteiger partial charge in [-0.2, -0.15) is 0 Å². The van der Waals surface area contributed by atoms with Crippen LogP contribution in [0.25, 0.3) is 0 Å². The Labute approximate surface area is 129 Å². The van der Waals surface area contributed by atoms with E-state index in [2.05, 4.69) is 5.32 Å². The van der Waals surface area contributed by atoms with Gasteiger partial charge in [-0.25, -0.2) is 4.79 Å². The minimum atomic E-state index is -0.442. The lowest BCUT2D eigenvalue weighted by Crippen LogP contribution is -2.47. The number of nitrogens with one attached hydrogen (secondary N) is 1. The number of amides is 2. The van der Waals surface area contributed by atoms with Crippen molar-refractivity contribution >= 4 is 11.7 Å². The highest BCUT2D eigenvalue weighted by molar-refractivity contribution is 5.74. The van der Waals surface area contributed by atoms with Crippen LogP contribution in [0.2, 0.25) is 0 Å². The summed E-state index contributed by atoms with van der Waals surface area (Å²) in [5, 5.41) is 13.5. The molecule has 1 heterocycles. The molecular formula is C15H21N3O4. The highest BCUT2D eigenvalue weighted by atomic mass is 16.6. The fraction of sp³-hybridized carbons (Fsp3) is 0.533. The average molecular weight is 307 g/mol. The summed E-state index contributed by atoms with van der Waals surface area (Å²) in [6.45, 7) is 4.17. The molecule has 0 aromatic heterocycles. The third-order valence-electron chi connectivity index (χ3n) is 3.63. The van der Waals surface area contributed by atoms with Crippen molar-refractivity contribution in [1.29, 1.82) is 0 Å². The van der Waals surface area contributed by atoms with Crippen LogP contribution in [0, 0.1) is 10.1 Å². The zero-order valence-electron chi connectivity index (χ0n) is 12.7. The summed E-state index contributed by atoms with van der Waals surface area (Å²) >= 11 is 0. The number of carbonyl (C=O) groups excluding carboxylic acids is 1. The molecule has 1 aliphatic rings. The molecule has 1 unspecified atom stereocenters. The maximum absolute atomic E-state index is 12.2. The molecule has 1 atom stereocenters. The number of rotatable bonds is 5. The van der Waals surface area contributed by atoms with Gasteiger partial charge in [0.25, 0.3) is 5.69 Å². The van der Waals surface area contributed by atoms with Crippen molar-refractivity contribution < 1.29 is 14.5 Å². The van der Waals surface area contributed by atoms with Gasteiger partial charge in [0.05, 0.1) is 11.0 Å². The number of ether oxygens (including phenoxy) is 1. The lowest BCUT2D eigenvalue weighted by atomic mass is 10.1. The molecule has 1 N–H and O–H groups in total. The first-order chi connectivity index (χ1) is 10.6. The zero-order valence-corrected chi connectivity index (χ0v) is 12.7. The first-order valence-corrected chi connectivity index (χ1v) is 7.48. The topological polar surface area (TPSA) is 84.7 Å². The molecule has 0 bridgehead atoms. The second kappa shape index (κ2) is 7.74. The van der Waals surface area contributed by atoms with E-state index in [9.17, 15) is 14.9 Å². The van der Waals surface area contributed by atoms with E-state index in [-0.39, 0.29) is 24.4 Å². The van der Waals surface area contributed by atoms with Gasteiger partial charge in [-0.1, -0.05) is 12.1 Å². The lowest BCUT2D eigenvalue weighted by molar-refractivity contribution is -0.384. The highest BCUT2D eigenvalue weighted by Gasteiger charge is 2.23. The van der Waals surface area contributed by atoms with Crippen molar-refractivity contribution in [3.63, 3.8) is 0 Å². The number of nitro groups is 1. The Morgan fingerprint density at radius 1 is 1.55 bits per heavy atom. The lowest BCUT2D eigenvalue weighted by Gasteiger charge is -2.32. The summed E-state index contributed by atoms with van der Waals surface area (Å²) < 4.78 is 5.57. The summed E-state index contributed by atoms with van der Waals surface area (Å²) in [6, 6.07) is 6.12. The van der Waals surface area contributed by atoms with Crippen LogP contribution in [0.15, 0.2) is 24.3 Å². The molecule has 0 aliphatic carbocycles. The Hall–Kier alpha value is -2.15. The number of benzene rings is 1. The van der Waals surface area contributed by atoms with E-state index in [1.54, 1.807) is 17.0 Å². The molecule has 120 valence electrons. The third-order valence-corrected chi connectivity index (χ3v) is 3.63. The van der Waals surface area contributed by atoms with E-state index in [4.69, 9.17) is 4.74 Å². The second-order valence-corrected chi connectivity index (χ2v) is 5.25. The molecule has 1 aliphatic heterocycles. The van der Waals surface area contributed by atoms with Gasteiger partial charge in [-0.15, -0.1) is 0 Å². The normalized spacial score (nSPS) is 18.0. The quantitative estimate of drug-likeness (QED) is 0.668. The van der Waals surface area contributed by atoms with Gasteiger partial charge in [0.1, 0.15) is 0 Å². The largest absolute Gasteiger partial charge is 0.377 e. The van der Waals surface area contributed by atoms with Crippen molar-refractivity contribution in [2.75, 3.05) is 19.7 Å². The van der Waals surface area contributed by atoms with E-state index < -0.39 is 4.92 Å². The minimum absolute atomic E-state index is 0.0288. The Morgan fingerprint density at radius 3 is 3.09 bits per heavy atom. The summed E-state index contributed by atoms with van der Waals surface area (Å²) in [5.74, 6) is 0. The first-order valence-electron chi connectivity index (χ1n) is 7.48. The molecule has 1 aromatic carbocycles. The molecule has 0 saturated carbocycles. The van der Waals surface area contributed by atoms with Crippen LogP contribution in [-0.2, 0) is 11.3 Å². The predicted octanol–water partition coefficient (Wildman–Crippen LogP) is 2.31. The number of urea groups is 1. The molecule has 0 spiro atoms. The molecule has 2 rings (SSSR count). The van der Waals surface area contributed by atoms with E-state index in [0.717, 1.165) is 12.8 Å². The van der Waals surface area contributed by atoms with Crippen molar-refractivity contribution in [3.8, 4) is 0 Å². The number of non-ortho nitro benzene ring substituents is 1. The van der Waals surface area contributed by atoms with Gasteiger partial charge in [-0.3, -0.25) is 10.1 Å². The Morgan fingerprint density at radius 2 is 2.36 bits per heavy atom. The van der Waals surface area contributed by atoms with Crippen LogP contribution in [0.4, 0.5) is 10.5 Å². The van der Waals surface area contributed by atoms with Crippen LogP contribution in [0.3, 0.4) is 0 Å². The van der Waals surface area contributed by atoms with Crippen molar-refractivity contribution in [2.24, 2.45) is 0 Å². The van der Waals surface area contributed by atoms with E-state index in [1.165, 1.54) is 12.1 Å². The maximum Gasteiger partial charge on any atom is 0.317 e. The molecule has 1 saturated heterocycles. The number of likely N-dealkylation sites (tertiary alicyclic amines) is 1. The molecule has 1 fully saturated rings. The molecule has 22 heavy (non-hydrogen) atoms. The minimum Gasteiger partial charge on any atom is -0.377 e. The van der Waals surface area contributed by atoms with Crippen LogP contribution in [0.5, 0.6) is 0 Å². The standard InChI is InChI=1S/C15H21N3O4/c1-2-22-14-7-4-8-17(11-14)15(19)16-10-12-5-3-6-13(9-12)18(20)21/h3,5-6,9,14H,2,4,7-8,10-11H2,1H3,(H,16,19). The van der Waals surface area contributed by atoms with E-state index in [1.807, 2.05) is 6.92 Å².